The van der Waals surface area contributed by atoms with Crippen LogP contribution in [0.2, 0.25) is 0 Å². The van der Waals surface area contributed by atoms with E-state index in [9.17, 15) is 15.0 Å². The van der Waals surface area contributed by atoms with E-state index in [4.69, 9.17) is 9.47 Å². The van der Waals surface area contributed by atoms with Crippen LogP contribution in [0.4, 0.5) is 0 Å². The highest BCUT2D eigenvalue weighted by Crippen LogP contribution is 2.31. The van der Waals surface area contributed by atoms with Crippen molar-refractivity contribution in [1.82, 2.24) is 10.2 Å². The van der Waals surface area contributed by atoms with Gasteiger partial charge in [-0.1, -0.05) is 12.1 Å². The fourth-order valence-corrected chi connectivity index (χ4v) is 4.70. The van der Waals surface area contributed by atoms with Gasteiger partial charge < -0.3 is 29.9 Å². The van der Waals surface area contributed by atoms with Crippen molar-refractivity contribution in [3.8, 4) is 17.2 Å². The van der Waals surface area contributed by atoms with Gasteiger partial charge in [0.25, 0.3) is 5.91 Å². The number of amidine groups is 1. The summed E-state index contributed by atoms with van der Waals surface area (Å²) in [6.07, 6.45) is 4.76. The first kappa shape index (κ1) is 25.1. The number of carbonyl (C=O) groups excluding carboxylic acids is 1. The molecular weight excluding hydrogens is 466 g/mol. The number of carbonyl (C=O) groups is 1. The molecule has 2 heterocycles. The molecule has 2 aromatic carbocycles. The molecule has 1 unspecified atom stereocenters. The van der Waals surface area contributed by atoms with Gasteiger partial charge in [0.1, 0.15) is 36.6 Å². The SMILES string of the molecule is O=C1N=C(N2CCCCC2)S/C1=C\c1ccc(OCCNCC(O)COc2ccc(O)cc2)cc1. The zero-order valence-electron chi connectivity index (χ0n) is 19.6. The lowest BCUT2D eigenvalue weighted by atomic mass is 10.1. The molecule has 1 fully saturated rings. The van der Waals surface area contributed by atoms with Gasteiger partial charge in [0.15, 0.2) is 5.17 Å². The van der Waals surface area contributed by atoms with E-state index in [-0.39, 0.29) is 18.3 Å². The molecule has 0 spiro atoms. The number of hydrogen-bond donors (Lipinski definition) is 3. The Hall–Kier alpha value is -3.01. The van der Waals surface area contributed by atoms with Crippen LogP contribution in [0.1, 0.15) is 24.8 Å². The number of aliphatic hydroxyl groups is 1. The summed E-state index contributed by atoms with van der Waals surface area (Å²) in [4.78, 5) is 19.4. The van der Waals surface area contributed by atoms with E-state index in [1.165, 1.54) is 30.3 Å². The van der Waals surface area contributed by atoms with Crippen LogP contribution in [0, 0.1) is 0 Å². The Balaban J connectivity index is 1.13. The van der Waals surface area contributed by atoms with Gasteiger partial charge in [-0.15, -0.1) is 0 Å². The molecule has 186 valence electrons. The summed E-state index contributed by atoms with van der Waals surface area (Å²) in [5.41, 5.74) is 0.929. The summed E-state index contributed by atoms with van der Waals surface area (Å²) in [5.74, 6) is 1.33. The van der Waals surface area contributed by atoms with Crippen LogP contribution in [0.5, 0.6) is 17.2 Å². The maximum Gasteiger partial charge on any atom is 0.286 e. The molecule has 1 amide bonds. The number of rotatable bonds is 10. The fourth-order valence-electron chi connectivity index (χ4n) is 3.73. The van der Waals surface area contributed by atoms with E-state index in [2.05, 4.69) is 15.2 Å². The van der Waals surface area contributed by atoms with Gasteiger partial charge in [-0.25, -0.2) is 0 Å². The number of nitrogens with zero attached hydrogens (tertiary/aromatic N) is 2. The lowest BCUT2D eigenvalue weighted by Crippen LogP contribution is -2.33. The molecule has 0 radical (unpaired) electrons. The Bertz CT molecular complexity index is 1030. The molecule has 35 heavy (non-hydrogen) atoms. The van der Waals surface area contributed by atoms with Crippen LogP contribution in [-0.2, 0) is 4.79 Å². The van der Waals surface area contributed by atoms with Crippen LogP contribution in [0.15, 0.2) is 58.4 Å². The molecule has 1 saturated heterocycles. The first-order valence-corrected chi connectivity index (χ1v) is 12.7. The van der Waals surface area contributed by atoms with E-state index < -0.39 is 6.10 Å². The number of thioether (sulfide) groups is 1. The zero-order chi connectivity index (χ0) is 24.5. The second kappa shape index (κ2) is 12.6. The number of nitrogens with one attached hydrogen (secondary N) is 1. The molecular formula is C26H31N3O5S. The van der Waals surface area contributed by atoms with E-state index in [0.29, 0.717) is 30.4 Å². The third kappa shape index (κ3) is 7.74. The van der Waals surface area contributed by atoms with Gasteiger partial charge in [0, 0.05) is 26.2 Å². The molecule has 0 aromatic heterocycles. The van der Waals surface area contributed by atoms with Gasteiger partial charge >= 0.3 is 0 Å². The summed E-state index contributed by atoms with van der Waals surface area (Å²) in [5, 5.41) is 23.2. The van der Waals surface area contributed by atoms with Crippen molar-refractivity contribution < 1.29 is 24.5 Å². The van der Waals surface area contributed by atoms with E-state index in [1.807, 2.05) is 30.3 Å². The minimum Gasteiger partial charge on any atom is -0.508 e. The molecule has 0 saturated carbocycles. The van der Waals surface area contributed by atoms with Crippen molar-refractivity contribution in [2.75, 3.05) is 39.4 Å². The standard InChI is InChI=1S/C26H31N3O5S/c30-20-6-10-23(11-7-20)34-18-21(31)17-27-12-15-33-22-8-4-19(5-9-22)16-24-25(32)28-26(35-24)29-13-2-1-3-14-29/h4-11,16,21,27,30-31H,1-3,12-15,17-18H2/b24-16-. The van der Waals surface area contributed by atoms with Gasteiger partial charge in [0.2, 0.25) is 0 Å². The van der Waals surface area contributed by atoms with Crippen molar-refractivity contribution in [3.05, 3.63) is 59.0 Å². The predicted octanol–water partition coefficient (Wildman–Crippen LogP) is 3.26. The number of benzene rings is 2. The highest BCUT2D eigenvalue weighted by molar-refractivity contribution is 8.18. The summed E-state index contributed by atoms with van der Waals surface area (Å²) in [6, 6.07) is 14.0. The topological polar surface area (TPSA) is 104 Å². The highest BCUT2D eigenvalue weighted by Gasteiger charge is 2.26. The smallest absolute Gasteiger partial charge is 0.286 e. The zero-order valence-corrected chi connectivity index (χ0v) is 20.4. The number of phenolic OH excluding ortho intramolecular Hbond substituents is 1. The summed E-state index contributed by atoms with van der Waals surface area (Å²) < 4.78 is 11.2. The highest BCUT2D eigenvalue weighted by atomic mass is 32.2. The molecule has 3 N–H and O–H groups in total. The minimum atomic E-state index is -0.660. The fraction of sp³-hybridized carbons (Fsp3) is 0.385. The van der Waals surface area contributed by atoms with Crippen molar-refractivity contribution in [2.45, 2.75) is 25.4 Å². The molecule has 1 atom stereocenters. The Labute approximate surface area is 209 Å². The number of amides is 1. The number of aliphatic hydroxyl groups excluding tert-OH is 1. The Kier molecular flexibility index (Phi) is 9.05. The molecule has 2 aliphatic heterocycles. The van der Waals surface area contributed by atoms with Crippen molar-refractivity contribution in [1.29, 1.82) is 0 Å². The number of hydrogen-bond acceptors (Lipinski definition) is 8. The first-order valence-electron chi connectivity index (χ1n) is 11.9. The molecule has 0 aliphatic carbocycles. The lowest BCUT2D eigenvalue weighted by Gasteiger charge is -2.27. The number of piperidine rings is 1. The van der Waals surface area contributed by atoms with Crippen LogP contribution < -0.4 is 14.8 Å². The maximum atomic E-state index is 12.3. The van der Waals surface area contributed by atoms with Crippen LogP contribution in [0.3, 0.4) is 0 Å². The largest absolute Gasteiger partial charge is 0.508 e. The molecule has 2 aromatic rings. The average Bonchev–Trinajstić information content (AvgIpc) is 3.25. The quantitative estimate of drug-likeness (QED) is 0.340. The summed E-state index contributed by atoms with van der Waals surface area (Å²) >= 11 is 1.46. The number of aromatic hydroxyl groups is 1. The Morgan fingerprint density at radius 3 is 2.46 bits per heavy atom. The molecule has 9 heteroatoms. The van der Waals surface area contributed by atoms with E-state index in [0.717, 1.165) is 42.4 Å². The summed E-state index contributed by atoms with van der Waals surface area (Å²) in [7, 11) is 0. The Morgan fingerprint density at radius 2 is 1.71 bits per heavy atom. The lowest BCUT2D eigenvalue weighted by molar-refractivity contribution is -0.113. The number of aliphatic imine (C=N–C) groups is 1. The molecule has 0 bridgehead atoms. The second-order valence-corrected chi connectivity index (χ2v) is 9.45. The third-order valence-electron chi connectivity index (χ3n) is 5.62. The average molecular weight is 498 g/mol. The van der Waals surface area contributed by atoms with Gasteiger partial charge in [-0.3, -0.25) is 4.79 Å². The van der Waals surface area contributed by atoms with Gasteiger partial charge in [-0.2, -0.15) is 4.99 Å². The monoisotopic (exact) mass is 497 g/mol. The molecule has 4 rings (SSSR count). The van der Waals surface area contributed by atoms with Crippen LogP contribution in [0.25, 0.3) is 6.08 Å². The number of likely N-dealkylation sites (tertiary alicyclic amines) is 1. The number of ether oxygens (including phenoxy) is 2. The van der Waals surface area contributed by atoms with Gasteiger partial charge in [-0.05, 0) is 79.1 Å². The van der Waals surface area contributed by atoms with Gasteiger partial charge in [0.05, 0.1) is 4.91 Å². The maximum absolute atomic E-state index is 12.3. The summed E-state index contributed by atoms with van der Waals surface area (Å²) in [6.45, 7) is 3.50. The third-order valence-corrected chi connectivity index (χ3v) is 6.66. The number of phenols is 1. The normalized spacial score (nSPS) is 18.0. The molecule has 8 nitrogen and oxygen atoms in total. The second-order valence-electron chi connectivity index (χ2n) is 8.44. The minimum absolute atomic E-state index is 0.154. The van der Waals surface area contributed by atoms with Crippen molar-refractivity contribution >= 4 is 28.9 Å². The van der Waals surface area contributed by atoms with E-state index in [1.54, 1.807) is 12.1 Å². The predicted molar refractivity (Wildman–Crippen MR) is 138 cm³/mol. The Morgan fingerprint density at radius 1 is 1.03 bits per heavy atom. The molecule has 2 aliphatic rings. The van der Waals surface area contributed by atoms with Crippen molar-refractivity contribution in [2.24, 2.45) is 4.99 Å². The van der Waals surface area contributed by atoms with Crippen LogP contribution in [-0.4, -0.2) is 71.7 Å². The van der Waals surface area contributed by atoms with E-state index >= 15 is 0 Å². The first-order chi connectivity index (χ1) is 17.1. The van der Waals surface area contributed by atoms with Crippen molar-refractivity contribution in [3.63, 3.8) is 0 Å². The van der Waals surface area contributed by atoms with Crippen LogP contribution >= 0.6 is 11.8 Å².